The molecule has 1 aromatic rings. The summed E-state index contributed by atoms with van der Waals surface area (Å²) < 4.78 is 6.08. The molecule has 148 valence electrons. The van der Waals surface area contributed by atoms with Gasteiger partial charge in [0.25, 0.3) is 0 Å². The van der Waals surface area contributed by atoms with Crippen LogP contribution in [0.25, 0.3) is 0 Å². The van der Waals surface area contributed by atoms with Crippen LogP contribution in [0, 0.1) is 29.1 Å². The van der Waals surface area contributed by atoms with Crippen molar-refractivity contribution in [2.75, 3.05) is 0 Å². The van der Waals surface area contributed by atoms with Gasteiger partial charge in [0, 0.05) is 11.8 Å². The van der Waals surface area contributed by atoms with Crippen molar-refractivity contribution < 1.29 is 14.3 Å². The number of allylic oxidation sites excluding steroid dienone is 1. The number of fused-ring (bicyclic) bond motifs is 5. The third-order valence-corrected chi connectivity index (χ3v) is 8.47. The van der Waals surface area contributed by atoms with Crippen LogP contribution in [0.2, 0.25) is 0 Å². The molecule has 0 saturated heterocycles. The fourth-order valence-corrected chi connectivity index (χ4v) is 7.10. The lowest BCUT2D eigenvalue weighted by atomic mass is 9.52. The van der Waals surface area contributed by atoms with Crippen LogP contribution < -0.4 is 0 Å². The lowest BCUT2D eigenvalue weighted by Crippen LogP contribution is -2.48. The van der Waals surface area contributed by atoms with Gasteiger partial charge in [-0.15, -0.1) is 0 Å². The van der Waals surface area contributed by atoms with Crippen LogP contribution >= 0.6 is 0 Å². The minimum Gasteiger partial charge on any atom is -0.458 e. The lowest BCUT2D eigenvalue weighted by Gasteiger charge is -2.53. The largest absolute Gasteiger partial charge is 0.458 e. The molecule has 3 heteroatoms. The Morgan fingerprint density at radius 2 is 1.82 bits per heavy atom. The van der Waals surface area contributed by atoms with Gasteiger partial charge in [0.15, 0.2) is 5.78 Å². The summed E-state index contributed by atoms with van der Waals surface area (Å²) in [4.78, 5) is 24.5. The van der Waals surface area contributed by atoms with Crippen molar-refractivity contribution in [3.8, 4) is 0 Å². The highest BCUT2D eigenvalue weighted by Crippen LogP contribution is 2.62. The van der Waals surface area contributed by atoms with Gasteiger partial charge in [0.2, 0.25) is 0 Å². The number of esters is 1. The SMILES string of the molecule is C[C@]12CC[C@H]3[C@H](CCC4=CC(=O)CC[C@H]43)[C@@H]1CC[C@@H]2OC(=O)c1ccccc1. The van der Waals surface area contributed by atoms with Crippen LogP contribution in [0.5, 0.6) is 0 Å². The minimum absolute atomic E-state index is 0.0380. The second kappa shape index (κ2) is 6.86. The maximum absolute atomic E-state index is 12.7. The quantitative estimate of drug-likeness (QED) is 0.651. The van der Waals surface area contributed by atoms with Crippen LogP contribution in [-0.2, 0) is 9.53 Å². The molecule has 0 spiro atoms. The molecule has 0 N–H and O–H groups in total. The van der Waals surface area contributed by atoms with Gasteiger partial charge in [0.05, 0.1) is 5.56 Å². The highest BCUT2D eigenvalue weighted by atomic mass is 16.5. The van der Waals surface area contributed by atoms with Crippen LogP contribution in [0.15, 0.2) is 42.0 Å². The van der Waals surface area contributed by atoms with Crippen molar-refractivity contribution in [1.29, 1.82) is 0 Å². The van der Waals surface area contributed by atoms with Crippen molar-refractivity contribution in [3.05, 3.63) is 47.5 Å². The number of rotatable bonds is 2. The molecule has 3 fully saturated rings. The van der Waals surface area contributed by atoms with E-state index < -0.39 is 0 Å². The Hall–Kier alpha value is -1.90. The van der Waals surface area contributed by atoms with E-state index in [9.17, 15) is 9.59 Å². The van der Waals surface area contributed by atoms with E-state index in [2.05, 4.69) is 6.92 Å². The first kappa shape index (κ1) is 18.1. The molecule has 0 aromatic heterocycles. The number of hydrogen-bond donors (Lipinski definition) is 0. The van der Waals surface area contributed by atoms with Crippen LogP contribution in [-0.4, -0.2) is 17.9 Å². The Bertz CT molecular complexity index is 810. The molecule has 3 saturated carbocycles. The predicted molar refractivity (Wildman–Crippen MR) is 108 cm³/mol. The zero-order chi connectivity index (χ0) is 19.3. The monoisotopic (exact) mass is 378 g/mol. The molecular formula is C25H30O3. The first-order valence-corrected chi connectivity index (χ1v) is 11.1. The van der Waals surface area contributed by atoms with Crippen molar-refractivity contribution in [2.24, 2.45) is 29.1 Å². The maximum atomic E-state index is 12.7. The van der Waals surface area contributed by atoms with Gasteiger partial charge in [-0.05, 0) is 86.8 Å². The molecule has 28 heavy (non-hydrogen) atoms. The number of hydrogen-bond acceptors (Lipinski definition) is 3. The summed E-state index contributed by atoms with van der Waals surface area (Å²) in [5.74, 6) is 2.91. The molecule has 3 nitrogen and oxygen atoms in total. The molecule has 0 unspecified atom stereocenters. The molecule has 0 radical (unpaired) electrons. The average molecular weight is 379 g/mol. The summed E-state index contributed by atoms with van der Waals surface area (Å²) in [5.41, 5.74) is 2.20. The average Bonchev–Trinajstić information content (AvgIpc) is 3.04. The smallest absolute Gasteiger partial charge is 0.338 e. The zero-order valence-electron chi connectivity index (χ0n) is 16.7. The first-order valence-electron chi connectivity index (χ1n) is 11.1. The summed E-state index contributed by atoms with van der Waals surface area (Å²) in [6, 6.07) is 9.39. The van der Waals surface area contributed by atoms with Gasteiger partial charge in [-0.2, -0.15) is 0 Å². The van der Waals surface area contributed by atoms with Crippen LogP contribution in [0.3, 0.4) is 0 Å². The second-order valence-corrected chi connectivity index (χ2v) is 9.69. The van der Waals surface area contributed by atoms with E-state index in [4.69, 9.17) is 4.74 Å². The number of ketones is 1. The van der Waals surface area contributed by atoms with E-state index in [0.717, 1.165) is 43.9 Å². The fraction of sp³-hybridized carbons (Fsp3) is 0.600. The van der Waals surface area contributed by atoms with E-state index in [1.807, 2.05) is 36.4 Å². The zero-order valence-corrected chi connectivity index (χ0v) is 16.7. The van der Waals surface area contributed by atoms with E-state index in [1.165, 1.54) is 24.8 Å². The predicted octanol–water partition coefficient (Wildman–Crippen LogP) is 5.35. The Morgan fingerprint density at radius 1 is 1.00 bits per heavy atom. The van der Waals surface area contributed by atoms with Crippen molar-refractivity contribution >= 4 is 11.8 Å². The molecule has 1 aromatic carbocycles. The normalized spacial score (nSPS) is 39.4. The Labute approximate surface area is 167 Å². The van der Waals surface area contributed by atoms with E-state index in [1.54, 1.807) is 0 Å². The highest BCUT2D eigenvalue weighted by molar-refractivity contribution is 5.91. The second-order valence-electron chi connectivity index (χ2n) is 9.69. The molecule has 0 aliphatic heterocycles. The lowest BCUT2D eigenvalue weighted by molar-refractivity contribution is -0.116. The Morgan fingerprint density at radius 3 is 2.64 bits per heavy atom. The molecule has 6 atom stereocenters. The number of carbonyl (C=O) groups excluding carboxylic acids is 2. The van der Waals surface area contributed by atoms with Crippen molar-refractivity contribution in [3.63, 3.8) is 0 Å². The van der Waals surface area contributed by atoms with Crippen LogP contribution in [0.1, 0.15) is 68.6 Å². The highest BCUT2D eigenvalue weighted by Gasteiger charge is 2.57. The fourth-order valence-electron chi connectivity index (χ4n) is 7.10. The topological polar surface area (TPSA) is 43.4 Å². The maximum Gasteiger partial charge on any atom is 0.338 e. The number of carbonyl (C=O) groups is 2. The number of benzene rings is 1. The third-order valence-electron chi connectivity index (χ3n) is 8.47. The van der Waals surface area contributed by atoms with Gasteiger partial charge >= 0.3 is 5.97 Å². The summed E-state index contributed by atoms with van der Waals surface area (Å²) >= 11 is 0. The summed E-state index contributed by atoms with van der Waals surface area (Å²) in [6.45, 7) is 2.37. The van der Waals surface area contributed by atoms with E-state index in [0.29, 0.717) is 23.2 Å². The summed E-state index contributed by atoms with van der Waals surface area (Å²) in [7, 11) is 0. The van der Waals surface area contributed by atoms with E-state index >= 15 is 0 Å². The van der Waals surface area contributed by atoms with Gasteiger partial charge < -0.3 is 4.74 Å². The molecule has 4 aliphatic carbocycles. The molecular weight excluding hydrogens is 348 g/mol. The van der Waals surface area contributed by atoms with Gasteiger partial charge in [-0.25, -0.2) is 4.79 Å². The summed E-state index contributed by atoms with van der Waals surface area (Å²) in [5, 5.41) is 0. The number of ether oxygens (including phenoxy) is 1. The van der Waals surface area contributed by atoms with Gasteiger partial charge in [-0.1, -0.05) is 30.7 Å². The Kier molecular flexibility index (Phi) is 4.45. The van der Waals surface area contributed by atoms with Crippen molar-refractivity contribution in [1.82, 2.24) is 0 Å². The minimum atomic E-state index is -0.172. The standard InChI is InChI=1S/C25H30O3/c1-25-14-13-20-19-10-8-18(26)15-17(19)7-9-21(20)22(25)11-12-23(25)28-24(27)16-5-3-2-4-6-16/h2-6,15,19-23H,7-14H2,1H3/t19-,20-,21+,22+,23+,25+/m1/s1. The molecule has 0 heterocycles. The molecule has 5 rings (SSSR count). The molecule has 0 amide bonds. The van der Waals surface area contributed by atoms with Gasteiger partial charge in [0.1, 0.15) is 6.10 Å². The van der Waals surface area contributed by atoms with Gasteiger partial charge in [-0.3, -0.25) is 4.79 Å². The van der Waals surface area contributed by atoms with Crippen LogP contribution in [0.4, 0.5) is 0 Å². The third kappa shape index (κ3) is 2.86. The first-order chi connectivity index (χ1) is 13.6. The summed E-state index contributed by atoms with van der Waals surface area (Å²) in [6.07, 6.45) is 10.6. The molecule has 0 bridgehead atoms. The Balaban J connectivity index is 1.34. The van der Waals surface area contributed by atoms with E-state index in [-0.39, 0.29) is 17.5 Å². The van der Waals surface area contributed by atoms with Crippen molar-refractivity contribution in [2.45, 2.75) is 64.4 Å². The molecule has 4 aliphatic rings.